The van der Waals surface area contributed by atoms with Crippen molar-refractivity contribution in [2.24, 2.45) is 22.5 Å². The van der Waals surface area contributed by atoms with E-state index in [4.69, 9.17) is 10.5 Å². The van der Waals surface area contributed by atoms with Crippen molar-refractivity contribution >= 4 is 16.0 Å². The number of esters is 1. The van der Waals surface area contributed by atoms with E-state index in [0.29, 0.717) is 12.8 Å². The number of ether oxygens (including phenoxy) is 1. The second-order valence-electron chi connectivity index (χ2n) is 14.2. The standard InChI is InChI=1S/C29H49N3O4S/c1-26(2,3)19-28(31,20-30)25(33)36-24-18-21-16-17-29(24,27(21,4)5)37(34,35)32(22-12-8-6-9-13-22)23-14-10-7-11-15-23/h21-24H,6-19,31H2,1-5H3/t21-,24-,28-,29-/m1/s1. The van der Waals surface area contributed by atoms with Gasteiger partial charge in [0.05, 0.1) is 6.07 Å². The summed E-state index contributed by atoms with van der Waals surface area (Å²) in [6.45, 7) is 9.91. The summed E-state index contributed by atoms with van der Waals surface area (Å²) >= 11 is 0. The molecule has 0 spiro atoms. The van der Waals surface area contributed by atoms with Gasteiger partial charge in [0.2, 0.25) is 15.6 Å². The zero-order valence-corrected chi connectivity index (χ0v) is 24.5. The summed E-state index contributed by atoms with van der Waals surface area (Å²) < 4.78 is 37.1. The minimum Gasteiger partial charge on any atom is -0.458 e. The lowest BCUT2D eigenvalue weighted by Gasteiger charge is -2.49. The number of hydrogen-bond donors (Lipinski definition) is 1. The first-order valence-corrected chi connectivity index (χ1v) is 16.1. The van der Waals surface area contributed by atoms with E-state index >= 15 is 8.42 Å². The van der Waals surface area contributed by atoms with E-state index < -0.39 is 37.8 Å². The Bertz CT molecular complexity index is 983. The molecule has 4 aliphatic carbocycles. The first-order chi connectivity index (χ1) is 17.2. The summed E-state index contributed by atoms with van der Waals surface area (Å²) in [5.41, 5.74) is 3.62. The van der Waals surface area contributed by atoms with Gasteiger partial charge in [-0.2, -0.15) is 9.57 Å². The molecule has 0 aromatic rings. The minimum absolute atomic E-state index is 0.0247. The van der Waals surface area contributed by atoms with Crippen molar-refractivity contribution in [3.63, 3.8) is 0 Å². The molecule has 0 heterocycles. The maximum atomic E-state index is 15.1. The molecule has 210 valence electrons. The van der Waals surface area contributed by atoms with Crippen LogP contribution in [-0.2, 0) is 19.6 Å². The van der Waals surface area contributed by atoms with E-state index in [9.17, 15) is 10.1 Å². The van der Waals surface area contributed by atoms with E-state index in [0.717, 1.165) is 70.6 Å². The van der Waals surface area contributed by atoms with Crippen LogP contribution in [0.1, 0.15) is 125 Å². The fourth-order valence-corrected chi connectivity index (χ4v) is 11.7. The number of carbonyl (C=O) groups is 1. The molecule has 4 aliphatic rings. The summed E-state index contributed by atoms with van der Waals surface area (Å²) in [4.78, 5) is 13.5. The highest BCUT2D eigenvalue weighted by atomic mass is 32.2. The highest BCUT2D eigenvalue weighted by Crippen LogP contribution is 2.65. The van der Waals surface area contributed by atoms with Gasteiger partial charge in [0.15, 0.2) is 0 Å². The zero-order valence-electron chi connectivity index (χ0n) is 23.7. The van der Waals surface area contributed by atoms with Gasteiger partial charge in [-0.25, -0.2) is 13.2 Å². The van der Waals surface area contributed by atoms with Crippen LogP contribution in [0, 0.1) is 28.1 Å². The van der Waals surface area contributed by atoms with Gasteiger partial charge in [0, 0.05) is 12.1 Å². The fourth-order valence-electron chi connectivity index (χ4n) is 8.40. The van der Waals surface area contributed by atoms with Crippen LogP contribution < -0.4 is 5.73 Å². The normalized spacial score (nSPS) is 32.7. The van der Waals surface area contributed by atoms with E-state index in [2.05, 4.69) is 13.8 Å². The highest BCUT2D eigenvalue weighted by Gasteiger charge is 2.74. The van der Waals surface area contributed by atoms with Crippen molar-refractivity contribution in [1.82, 2.24) is 4.31 Å². The number of carbonyl (C=O) groups excluding carboxylic acids is 1. The molecule has 37 heavy (non-hydrogen) atoms. The SMILES string of the molecule is CC(C)(C)C[C@@](N)(C#N)C(=O)O[C@@H]1C[C@H]2CC[C@]1(S(=O)(=O)N(C1CCCCC1)C1CCCCC1)C2(C)C. The molecule has 0 aromatic carbocycles. The number of hydrogen-bond acceptors (Lipinski definition) is 6. The number of fused-ring (bicyclic) bond motifs is 2. The van der Waals surface area contributed by atoms with Crippen molar-refractivity contribution in [1.29, 1.82) is 5.26 Å². The molecule has 4 fully saturated rings. The quantitative estimate of drug-likeness (QED) is 0.435. The molecular formula is C29H49N3O4S. The zero-order chi connectivity index (χ0) is 27.3. The van der Waals surface area contributed by atoms with Gasteiger partial charge in [0.1, 0.15) is 10.9 Å². The number of rotatable bonds is 7. The van der Waals surface area contributed by atoms with Gasteiger partial charge in [-0.1, -0.05) is 73.1 Å². The number of nitrogens with two attached hydrogens (primary N) is 1. The second-order valence-corrected chi connectivity index (χ2v) is 16.3. The second kappa shape index (κ2) is 10.1. The molecule has 0 aromatic heterocycles. The lowest BCUT2D eigenvalue weighted by Crippen LogP contribution is -2.64. The van der Waals surface area contributed by atoms with E-state index in [1.807, 2.05) is 31.1 Å². The Morgan fingerprint density at radius 1 is 1.00 bits per heavy atom. The van der Waals surface area contributed by atoms with Crippen molar-refractivity contribution in [2.75, 3.05) is 0 Å². The third-order valence-corrected chi connectivity index (χ3v) is 13.3. The van der Waals surface area contributed by atoms with Crippen LogP contribution in [0.15, 0.2) is 0 Å². The molecule has 4 saturated carbocycles. The van der Waals surface area contributed by atoms with Gasteiger partial charge in [0.25, 0.3) is 0 Å². The molecule has 0 radical (unpaired) electrons. The summed E-state index contributed by atoms with van der Waals surface area (Å²) in [6.07, 6.45) is 11.4. The monoisotopic (exact) mass is 535 g/mol. The maximum Gasteiger partial charge on any atom is 0.341 e. The van der Waals surface area contributed by atoms with E-state index in [-0.39, 0.29) is 29.8 Å². The largest absolute Gasteiger partial charge is 0.458 e. The Morgan fingerprint density at radius 2 is 1.51 bits per heavy atom. The summed E-state index contributed by atoms with van der Waals surface area (Å²) in [7, 11) is -3.83. The van der Waals surface area contributed by atoms with E-state index in [1.54, 1.807) is 0 Å². The number of sulfonamides is 1. The van der Waals surface area contributed by atoms with E-state index in [1.165, 1.54) is 0 Å². The molecule has 7 nitrogen and oxygen atoms in total. The van der Waals surface area contributed by atoms with Gasteiger partial charge < -0.3 is 10.5 Å². The Hall–Kier alpha value is -1.17. The lowest BCUT2D eigenvalue weighted by molar-refractivity contribution is -0.156. The third kappa shape index (κ3) is 4.87. The summed E-state index contributed by atoms with van der Waals surface area (Å²) in [5.74, 6) is -0.633. The molecule has 0 amide bonds. The number of nitrogens with zero attached hydrogens (tertiary/aromatic N) is 2. The van der Waals surface area contributed by atoms with Crippen molar-refractivity contribution in [3.8, 4) is 6.07 Å². The summed E-state index contributed by atoms with van der Waals surface area (Å²) in [5, 5.41) is 9.88. The molecular weight excluding hydrogens is 486 g/mol. The fraction of sp³-hybridized carbons (Fsp3) is 0.931. The third-order valence-electron chi connectivity index (χ3n) is 10.2. The Kier molecular flexibility index (Phi) is 7.87. The smallest absolute Gasteiger partial charge is 0.341 e. The molecule has 8 heteroatoms. The van der Waals surface area contributed by atoms with Crippen molar-refractivity contribution in [2.45, 2.75) is 153 Å². The first-order valence-electron chi connectivity index (χ1n) is 14.6. The summed E-state index contributed by atoms with van der Waals surface area (Å²) in [6, 6.07) is 2.04. The Balaban J connectivity index is 1.73. The van der Waals surface area contributed by atoms with Crippen LogP contribution >= 0.6 is 0 Å². The molecule has 4 rings (SSSR count). The topological polar surface area (TPSA) is 113 Å². The average Bonchev–Trinajstić information content (AvgIpc) is 3.22. The predicted octanol–water partition coefficient (Wildman–Crippen LogP) is 5.43. The molecule has 0 saturated heterocycles. The van der Waals surface area contributed by atoms with Crippen LogP contribution in [-0.4, -0.2) is 47.2 Å². The van der Waals surface area contributed by atoms with Crippen LogP contribution in [0.5, 0.6) is 0 Å². The van der Waals surface area contributed by atoms with Crippen molar-refractivity contribution in [3.05, 3.63) is 0 Å². The molecule has 4 atom stereocenters. The Labute approximate surface area is 224 Å². The van der Waals surface area contributed by atoms with Gasteiger partial charge in [-0.3, -0.25) is 0 Å². The van der Waals surface area contributed by atoms with Gasteiger partial charge >= 0.3 is 5.97 Å². The lowest BCUT2D eigenvalue weighted by atomic mass is 9.80. The molecule has 0 unspecified atom stereocenters. The average molecular weight is 536 g/mol. The molecule has 2 bridgehead atoms. The molecule has 0 aliphatic heterocycles. The predicted molar refractivity (Wildman–Crippen MR) is 145 cm³/mol. The van der Waals surface area contributed by atoms with Crippen LogP contribution in [0.2, 0.25) is 0 Å². The highest BCUT2D eigenvalue weighted by molar-refractivity contribution is 7.90. The number of nitriles is 1. The molecule has 2 N–H and O–H groups in total. The van der Waals surface area contributed by atoms with Crippen LogP contribution in [0.4, 0.5) is 0 Å². The maximum absolute atomic E-state index is 15.1. The van der Waals surface area contributed by atoms with Crippen molar-refractivity contribution < 1.29 is 17.9 Å². The van der Waals surface area contributed by atoms with Crippen LogP contribution in [0.25, 0.3) is 0 Å². The first kappa shape index (κ1) is 28.8. The van der Waals surface area contributed by atoms with Gasteiger partial charge in [-0.15, -0.1) is 0 Å². The van der Waals surface area contributed by atoms with Crippen LogP contribution in [0.3, 0.4) is 0 Å². The minimum atomic E-state index is -3.83. The van der Waals surface area contributed by atoms with Gasteiger partial charge in [-0.05, 0) is 68.1 Å². The Morgan fingerprint density at radius 3 is 1.95 bits per heavy atom.